The van der Waals surface area contributed by atoms with Crippen LogP contribution in [0.3, 0.4) is 0 Å². The molecule has 5 heteroatoms. The minimum Gasteiger partial charge on any atom is -0.480 e. The van der Waals surface area contributed by atoms with Gasteiger partial charge in [0.15, 0.2) is 0 Å². The van der Waals surface area contributed by atoms with Crippen molar-refractivity contribution in [2.45, 2.75) is 38.6 Å². The van der Waals surface area contributed by atoms with Gasteiger partial charge in [0, 0.05) is 12.6 Å². The second-order valence-electron chi connectivity index (χ2n) is 4.35. The third kappa shape index (κ3) is 3.20. The summed E-state index contributed by atoms with van der Waals surface area (Å²) < 4.78 is 0. The Morgan fingerprint density at radius 1 is 1.44 bits per heavy atom. The summed E-state index contributed by atoms with van der Waals surface area (Å²) in [5, 5.41) is 8.74. The molecule has 0 bridgehead atoms. The van der Waals surface area contributed by atoms with Gasteiger partial charge in [0.1, 0.15) is 6.54 Å². The molecule has 0 aliphatic heterocycles. The molecule has 1 fully saturated rings. The molecule has 5 nitrogen and oxygen atoms in total. The first kappa shape index (κ1) is 13.0. The van der Waals surface area contributed by atoms with Gasteiger partial charge in [0.2, 0.25) is 5.91 Å². The van der Waals surface area contributed by atoms with Gasteiger partial charge < -0.3 is 15.7 Å². The van der Waals surface area contributed by atoms with Gasteiger partial charge in [-0.1, -0.05) is 13.3 Å². The molecular formula is C11H20N2O3. The molecule has 2 unspecified atom stereocenters. The first-order valence-corrected chi connectivity index (χ1v) is 5.82. The molecular weight excluding hydrogens is 208 g/mol. The zero-order valence-electron chi connectivity index (χ0n) is 9.69. The van der Waals surface area contributed by atoms with Crippen LogP contribution < -0.4 is 5.73 Å². The van der Waals surface area contributed by atoms with E-state index < -0.39 is 5.97 Å². The molecule has 0 radical (unpaired) electrons. The fourth-order valence-corrected chi connectivity index (χ4v) is 2.23. The molecule has 1 rings (SSSR count). The lowest BCUT2D eigenvalue weighted by Crippen LogP contribution is -2.44. The highest BCUT2D eigenvalue weighted by Crippen LogP contribution is 2.25. The molecule has 1 aliphatic rings. The van der Waals surface area contributed by atoms with Crippen LogP contribution in [0, 0.1) is 5.92 Å². The first-order valence-electron chi connectivity index (χ1n) is 5.82. The van der Waals surface area contributed by atoms with E-state index in [1.54, 1.807) is 0 Å². The SMILES string of the molecule is CCCN(CC(=O)O)C(=O)C1CCCC1N. The summed E-state index contributed by atoms with van der Waals surface area (Å²) in [6, 6.07) is -0.0966. The summed E-state index contributed by atoms with van der Waals surface area (Å²) in [4.78, 5) is 24.1. The molecule has 1 amide bonds. The maximum atomic E-state index is 12.1. The van der Waals surface area contributed by atoms with Gasteiger partial charge in [-0.15, -0.1) is 0 Å². The van der Waals surface area contributed by atoms with Crippen molar-refractivity contribution >= 4 is 11.9 Å². The fourth-order valence-electron chi connectivity index (χ4n) is 2.23. The summed E-state index contributed by atoms with van der Waals surface area (Å²) in [5.74, 6) is -1.23. The van der Waals surface area contributed by atoms with E-state index in [2.05, 4.69) is 0 Å². The minimum absolute atomic E-state index is 0.0887. The Morgan fingerprint density at radius 3 is 2.56 bits per heavy atom. The largest absolute Gasteiger partial charge is 0.480 e. The van der Waals surface area contributed by atoms with Crippen LogP contribution in [-0.4, -0.2) is 41.0 Å². The van der Waals surface area contributed by atoms with Gasteiger partial charge in [-0.3, -0.25) is 9.59 Å². The van der Waals surface area contributed by atoms with Crippen LogP contribution in [0.25, 0.3) is 0 Å². The number of carbonyl (C=O) groups is 2. The van der Waals surface area contributed by atoms with Crippen molar-refractivity contribution in [3.05, 3.63) is 0 Å². The summed E-state index contributed by atoms with van der Waals surface area (Å²) in [5.41, 5.74) is 5.85. The highest BCUT2D eigenvalue weighted by molar-refractivity contribution is 5.83. The maximum Gasteiger partial charge on any atom is 0.323 e. The van der Waals surface area contributed by atoms with Crippen molar-refractivity contribution in [1.29, 1.82) is 0 Å². The molecule has 2 atom stereocenters. The molecule has 0 aromatic rings. The van der Waals surface area contributed by atoms with Gasteiger partial charge in [0.25, 0.3) is 0 Å². The summed E-state index contributed by atoms with van der Waals surface area (Å²) in [7, 11) is 0. The highest BCUT2D eigenvalue weighted by atomic mass is 16.4. The minimum atomic E-state index is -0.964. The number of nitrogens with two attached hydrogens (primary N) is 1. The van der Waals surface area contributed by atoms with Gasteiger partial charge in [-0.05, 0) is 19.3 Å². The lowest BCUT2D eigenvalue weighted by atomic mass is 10.0. The molecule has 1 saturated carbocycles. The van der Waals surface area contributed by atoms with Gasteiger partial charge in [-0.2, -0.15) is 0 Å². The Morgan fingerprint density at radius 2 is 2.12 bits per heavy atom. The number of carboxylic acid groups (broad SMARTS) is 1. The number of carbonyl (C=O) groups excluding carboxylic acids is 1. The van der Waals surface area contributed by atoms with Crippen molar-refractivity contribution in [1.82, 2.24) is 4.90 Å². The van der Waals surface area contributed by atoms with E-state index in [0.717, 1.165) is 25.7 Å². The normalized spacial score (nSPS) is 24.4. The second kappa shape index (κ2) is 5.84. The van der Waals surface area contributed by atoms with E-state index in [4.69, 9.17) is 10.8 Å². The highest BCUT2D eigenvalue weighted by Gasteiger charge is 2.33. The van der Waals surface area contributed by atoms with Crippen LogP contribution in [0.4, 0.5) is 0 Å². The molecule has 0 saturated heterocycles. The Bertz CT molecular complexity index is 268. The fraction of sp³-hybridized carbons (Fsp3) is 0.818. The summed E-state index contributed by atoms with van der Waals surface area (Å²) in [6.45, 7) is 2.21. The van der Waals surface area contributed by atoms with E-state index in [1.165, 1.54) is 4.90 Å². The van der Waals surface area contributed by atoms with Crippen molar-refractivity contribution in [3.63, 3.8) is 0 Å². The Balaban J connectivity index is 2.62. The monoisotopic (exact) mass is 228 g/mol. The Hall–Kier alpha value is -1.10. The predicted octanol–water partition coefficient (Wildman–Crippen LogP) is 0.437. The molecule has 0 heterocycles. The average molecular weight is 228 g/mol. The van der Waals surface area contributed by atoms with E-state index in [0.29, 0.717) is 6.54 Å². The topological polar surface area (TPSA) is 83.6 Å². The van der Waals surface area contributed by atoms with E-state index >= 15 is 0 Å². The van der Waals surface area contributed by atoms with Gasteiger partial charge in [-0.25, -0.2) is 0 Å². The maximum absolute atomic E-state index is 12.1. The smallest absolute Gasteiger partial charge is 0.323 e. The standard InChI is InChI=1S/C11H20N2O3/c1-2-6-13(7-10(14)15)11(16)8-4-3-5-9(8)12/h8-9H,2-7,12H2,1H3,(H,14,15). The number of carboxylic acids is 1. The van der Waals surface area contributed by atoms with Crippen molar-refractivity contribution in [2.75, 3.05) is 13.1 Å². The number of hydrogen-bond acceptors (Lipinski definition) is 3. The van der Waals surface area contributed by atoms with Crippen molar-refractivity contribution in [3.8, 4) is 0 Å². The van der Waals surface area contributed by atoms with Crippen molar-refractivity contribution in [2.24, 2.45) is 11.7 Å². The predicted molar refractivity (Wildman–Crippen MR) is 59.8 cm³/mol. The summed E-state index contributed by atoms with van der Waals surface area (Å²) >= 11 is 0. The molecule has 0 spiro atoms. The molecule has 1 aliphatic carbocycles. The number of nitrogens with zero attached hydrogens (tertiary/aromatic N) is 1. The van der Waals surface area contributed by atoms with Crippen LogP contribution in [-0.2, 0) is 9.59 Å². The van der Waals surface area contributed by atoms with E-state index in [-0.39, 0.29) is 24.4 Å². The molecule has 16 heavy (non-hydrogen) atoms. The number of aliphatic carboxylic acids is 1. The van der Waals surface area contributed by atoms with E-state index in [1.807, 2.05) is 6.92 Å². The van der Waals surface area contributed by atoms with Crippen molar-refractivity contribution < 1.29 is 14.7 Å². The Labute approximate surface area is 95.6 Å². The lowest BCUT2D eigenvalue weighted by molar-refractivity contribution is -0.146. The quantitative estimate of drug-likeness (QED) is 0.715. The third-order valence-electron chi connectivity index (χ3n) is 3.02. The van der Waals surface area contributed by atoms with Crippen LogP contribution >= 0.6 is 0 Å². The zero-order chi connectivity index (χ0) is 12.1. The Kier molecular flexibility index (Phi) is 4.73. The zero-order valence-corrected chi connectivity index (χ0v) is 9.69. The second-order valence-corrected chi connectivity index (χ2v) is 4.35. The van der Waals surface area contributed by atoms with Crippen LogP contribution in [0.2, 0.25) is 0 Å². The third-order valence-corrected chi connectivity index (χ3v) is 3.02. The summed E-state index contributed by atoms with van der Waals surface area (Å²) in [6.07, 6.45) is 3.38. The van der Waals surface area contributed by atoms with Crippen LogP contribution in [0.15, 0.2) is 0 Å². The first-order chi connectivity index (χ1) is 7.56. The lowest BCUT2D eigenvalue weighted by Gasteiger charge is -2.25. The average Bonchev–Trinajstić information content (AvgIpc) is 2.62. The van der Waals surface area contributed by atoms with E-state index in [9.17, 15) is 9.59 Å². The van der Waals surface area contributed by atoms with Gasteiger partial charge in [0.05, 0.1) is 5.92 Å². The van der Waals surface area contributed by atoms with Crippen LogP contribution in [0.1, 0.15) is 32.6 Å². The number of rotatable bonds is 5. The molecule has 0 aromatic heterocycles. The molecule has 0 aromatic carbocycles. The number of amides is 1. The molecule has 92 valence electrons. The molecule has 3 N–H and O–H groups in total. The van der Waals surface area contributed by atoms with Gasteiger partial charge >= 0.3 is 5.97 Å². The van der Waals surface area contributed by atoms with Crippen LogP contribution in [0.5, 0.6) is 0 Å². The number of hydrogen-bond donors (Lipinski definition) is 2.